The summed E-state index contributed by atoms with van der Waals surface area (Å²) < 4.78 is 6.56. The van der Waals surface area contributed by atoms with Gasteiger partial charge in [-0.1, -0.05) is 12.1 Å². The van der Waals surface area contributed by atoms with Gasteiger partial charge in [-0.3, -0.25) is 14.4 Å². The van der Waals surface area contributed by atoms with Gasteiger partial charge in [0.2, 0.25) is 5.91 Å². The SMILES string of the molecule is CC(C(=O)N1CCCN(Cc2cccc3nonc23)CC1)n1cccn1. The second kappa shape index (κ2) is 7.25. The number of benzene rings is 1. The van der Waals surface area contributed by atoms with E-state index in [0.29, 0.717) is 0 Å². The summed E-state index contributed by atoms with van der Waals surface area (Å²) in [7, 11) is 0. The average Bonchev–Trinajstić information content (AvgIpc) is 3.30. The Hall–Kier alpha value is -2.74. The molecule has 4 rings (SSSR count). The van der Waals surface area contributed by atoms with Crippen LogP contribution in [0.4, 0.5) is 0 Å². The maximum absolute atomic E-state index is 12.8. The molecule has 136 valence electrons. The molecule has 8 heteroatoms. The van der Waals surface area contributed by atoms with Crippen LogP contribution >= 0.6 is 0 Å². The number of hydrogen-bond donors (Lipinski definition) is 0. The molecule has 0 radical (unpaired) electrons. The molecule has 0 aliphatic carbocycles. The Labute approximate surface area is 151 Å². The summed E-state index contributed by atoms with van der Waals surface area (Å²) in [4.78, 5) is 17.1. The van der Waals surface area contributed by atoms with Gasteiger partial charge in [0.25, 0.3) is 0 Å². The number of carbonyl (C=O) groups is 1. The van der Waals surface area contributed by atoms with E-state index in [1.54, 1.807) is 10.9 Å². The van der Waals surface area contributed by atoms with Gasteiger partial charge in [0.05, 0.1) is 0 Å². The Morgan fingerprint density at radius 1 is 1.19 bits per heavy atom. The van der Waals surface area contributed by atoms with Gasteiger partial charge in [0.1, 0.15) is 17.1 Å². The number of rotatable bonds is 4. The van der Waals surface area contributed by atoms with Crippen molar-refractivity contribution in [2.24, 2.45) is 0 Å². The van der Waals surface area contributed by atoms with Crippen molar-refractivity contribution in [2.45, 2.75) is 25.9 Å². The smallest absolute Gasteiger partial charge is 0.247 e. The standard InChI is InChI=1S/C18H22N6O2/c1-14(24-10-3-7-19-24)18(25)23-9-4-8-22(11-12-23)13-15-5-2-6-16-17(15)21-26-20-16/h2-3,5-7,10,14H,4,8-9,11-13H2,1H3. The highest BCUT2D eigenvalue weighted by Gasteiger charge is 2.25. The molecule has 0 spiro atoms. The van der Waals surface area contributed by atoms with Crippen molar-refractivity contribution in [3.8, 4) is 0 Å². The third-order valence-electron chi connectivity index (χ3n) is 4.94. The average molecular weight is 354 g/mol. The zero-order valence-corrected chi connectivity index (χ0v) is 14.8. The first kappa shape index (κ1) is 16.7. The molecule has 0 N–H and O–H groups in total. The first-order chi connectivity index (χ1) is 12.7. The van der Waals surface area contributed by atoms with Gasteiger partial charge in [-0.2, -0.15) is 5.10 Å². The molecule has 2 aromatic heterocycles. The minimum absolute atomic E-state index is 0.123. The van der Waals surface area contributed by atoms with Gasteiger partial charge in [-0.15, -0.1) is 0 Å². The maximum atomic E-state index is 12.8. The van der Waals surface area contributed by atoms with E-state index < -0.39 is 0 Å². The van der Waals surface area contributed by atoms with Crippen LogP contribution in [0.1, 0.15) is 24.9 Å². The Morgan fingerprint density at radius 2 is 2.12 bits per heavy atom. The lowest BCUT2D eigenvalue weighted by atomic mass is 10.1. The van der Waals surface area contributed by atoms with E-state index in [9.17, 15) is 4.79 Å². The second-order valence-corrected chi connectivity index (χ2v) is 6.67. The van der Waals surface area contributed by atoms with E-state index in [1.807, 2.05) is 36.2 Å². The molecule has 1 saturated heterocycles. The van der Waals surface area contributed by atoms with Crippen molar-refractivity contribution in [3.05, 3.63) is 42.2 Å². The van der Waals surface area contributed by atoms with Gasteiger partial charge in [-0.05, 0) is 41.4 Å². The highest BCUT2D eigenvalue weighted by atomic mass is 16.6. The predicted octanol–water partition coefficient (Wildman–Crippen LogP) is 1.71. The Balaban J connectivity index is 1.40. The Kier molecular flexibility index (Phi) is 4.66. The van der Waals surface area contributed by atoms with Crippen LogP contribution < -0.4 is 0 Å². The number of aromatic nitrogens is 4. The summed E-state index contributed by atoms with van der Waals surface area (Å²) in [5, 5.41) is 12.1. The van der Waals surface area contributed by atoms with Crippen molar-refractivity contribution >= 4 is 16.9 Å². The van der Waals surface area contributed by atoms with E-state index in [1.165, 1.54) is 0 Å². The van der Waals surface area contributed by atoms with Crippen LogP contribution in [-0.2, 0) is 11.3 Å². The van der Waals surface area contributed by atoms with E-state index >= 15 is 0 Å². The number of carbonyl (C=O) groups excluding carboxylic acids is 1. The lowest BCUT2D eigenvalue weighted by Crippen LogP contribution is -2.39. The molecule has 0 saturated carbocycles. The van der Waals surface area contributed by atoms with Crippen molar-refractivity contribution in [1.29, 1.82) is 0 Å². The molecule has 0 bridgehead atoms. The molecule has 3 heterocycles. The molecule has 1 aromatic carbocycles. The molecule has 8 nitrogen and oxygen atoms in total. The minimum atomic E-state index is -0.272. The Bertz CT molecular complexity index is 875. The topological polar surface area (TPSA) is 80.3 Å². The fourth-order valence-electron chi connectivity index (χ4n) is 3.47. The number of hydrogen-bond acceptors (Lipinski definition) is 6. The Morgan fingerprint density at radius 3 is 2.96 bits per heavy atom. The quantitative estimate of drug-likeness (QED) is 0.710. The summed E-state index contributed by atoms with van der Waals surface area (Å²) in [6.07, 6.45) is 4.48. The van der Waals surface area contributed by atoms with Gasteiger partial charge in [-0.25, -0.2) is 4.63 Å². The van der Waals surface area contributed by atoms with Crippen LogP contribution in [0, 0.1) is 0 Å². The first-order valence-corrected chi connectivity index (χ1v) is 8.93. The van der Waals surface area contributed by atoms with Crippen molar-refractivity contribution in [1.82, 2.24) is 29.9 Å². The fraction of sp³-hybridized carbons (Fsp3) is 0.444. The summed E-state index contributed by atoms with van der Waals surface area (Å²) in [5.41, 5.74) is 2.70. The van der Waals surface area contributed by atoms with Gasteiger partial charge in [0, 0.05) is 45.1 Å². The monoisotopic (exact) mass is 354 g/mol. The molecule has 1 unspecified atom stereocenters. The molecular formula is C18H22N6O2. The molecule has 26 heavy (non-hydrogen) atoms. The summed E-state index contributed by atoms with van der Waals surface area (Å²) in [5.74, 6) is 0.123. The van der Waals surface area contributed by atoms with Crippen LogP contribution in [0.5, 0.6) is 0 Å². The molecular weight excluding hydrogens is 332 g/mol. The molecule has 1 aliphatic rings. The predicted molar refractivity (Wildman–Crippen MR) is 95.2 cm³/mol. The van der Waals surface area contributed by atoms with Crippen molar-refractivity contribution in [3.63, 3.8) is 0 Å². The number of fused-ring (bicyclic) bond motifs is 1. The van der Waals surface area contributed by atoms with Crippen molar-refractivity contribution in [2.75, 3.05) is 26.2 Å². The van der Waals surface area contributed by atoms with E-state index in [2.05, 4.69) is 26.4 Å². The fourth-order valence-corrected chi connectivity index (χ4v) is 3.47. The molecule has 1 amide bonds. The third kappa shape index (κ3) is 3.32. The largest absolute Gasteiger partial charge is 0.340 e. The summed E-state index contributed by atoms with van der Waals surface area (Å²) >= 11 is 0. The van der Waals surface area contributed by atoms with E-state index in [4.69, 9.17) is 4.63 Å². The second-order valence-electron chi connectivity index (χ2n) is 6.67. The molecule has 1 atom stereocenters. The lowest BCUT2D eigenvalue weighted by molar-refractivity contribution is -0.134. The van der Waals surface area contributed by atoms with Crippen LogP contribution in [0.3, 0.4) is 0 Å². The van der Waals surface area contributed by atoms with E-state index in [0.717, 1.165) is 55.7 Å². The van der Waals surface area contributed by atoms with Crippen LogP contribution in [0.25, 0.3) is 11.0 Å². The highest BCUT2D eigenvalue weighted by molar-refractivity contribution is 5.80. The summed E-state index contributed by atoms with van der Waals surface area (Å²) in [6, 6.07) is 7.50. The first-order valence-electron chi connectivity index (χ1n) is 8.93. The molecule has 1 fully saturated rings. The van der Waals surface area contributed by atoms with Crippen LogP contribution in [0.15, 0.2) is 41.3 Å². The summed E-state index contributed by atoms with van der Waals surface area (Å²) in [6.45, 7) is 5.95. The molecule has 3 aromatic rings. The number of amides is 1. The normalized spacial score (nSPS) is 17.3. The van der Waals surface area contributed by atoms with Crippen molar-refractivity contribution < 1.29 is 9.42 Å². The highest BCUT2D eigenvalue weighted by Crippen LogP contribution is 2.18. The van der Waals surface area contributed by atoms with Crippen LogP contribution in [-0.4, -0.2) is 62.0 Å². The zero-order valence-electron chi connectivity index (χ0n) is 14.8. The van der Waals surface area contributed by atoms with E-state index in [-0.39, 0.29) is 11.9 Å². The lowest BCUT2D eigenvalue weighted by Gasteiger charge is -2.25. The third-order valence-corrected chi connectivity index (χ3v) is 4.94. The number of nitrogens with zero attached hydrogens (tertiary/aromatic N) is 6. The van der Waals surface area contributed by atoms with Crippen LogP contribution in [0.2, 0.25) is 0 Å². The minimum Gasteiger partial charge on any atom is -0.340 e. The molecule has 1 aliphatic heterocycles. The van der Waals surface area contributed by atoms with Gasteiger partial charge >= 0.3 is 0 Å². The zero-order chi connectivity index (χ0) is 17.9. The van der Waals surface area contributed by atoms with Gasteiger partial charge in [0.15, 0.2) is 0 Å². The maximum Gasteiger partial charge on any atom is 0.247 e. The van der Waals surface area contributed by atoms with Gasteiger partial charge < -0.3 is 4.90 Å².